The number of unbranched alkanes of at least 4 members (excludes halogenated alkanes) is 24. The lowest BCUT2D eigenvalue weighted by atomic mass is 9.83. The average Bonchev–Trinajstić information content (AvgIpc) is 3.66. The quantitative estimate of drug-likeness (QED) is 0.0199. The summed E-state index contributed by atoms with van der Waals surface area (Å²) in [6.07, 6.45) is 32.3. The molecule has 13 heteroatoms. The van der Waals surface area contributed by atoms with Gasteiger partial charge in [-0.3, -0.25) is 18.6 Å². The molecule has 5 atom stereocenters. The van der Waals surface area contributed by atoms with E-state index in [-0.39, 0.29) is 31.6 Å². The molecule has 342 valence electrons. The number of esters is 3. The summed E-state index contributed by atoms with van der Waals surface area (Å²) >= 11 is 0. The van der Waals surface area contributed by atoms with E-state index in [1.165, 1.54) is 129 Å². The van der Waals surface area contributed by atoms with Gasteiger partial charge in [0, 0.05) is 18.8 Å². The van der Waals surface area contributed by atoms with Crippen LogP contribution in [0, 0.1) is 11.8 Å². The van der Waals surface area contributed by atoms with Gasteiger partial charge < -0.3 is 28.9 Å². The van der Waals surface area contributed by atoms with Crippen LogP contribution in [0.1, 0.15) is 200 Å². The van der Waals surface area contributed by atoms with Crippen molar-refractivity contribution in [2.45, 2.75) is 212 Å². The zero-order valence-corrected chi connectivity index (χ0v) is 37.9. The van der Waals surface area contributed by atoms with E-state index in [0.717, 1.165) is 38.5 Å². The van der Waals surface area contributed by atoms with Crippen LogP contribution in [0.5, 0.6) is 0 Å². The number of allylic oxidation sites excluding steroid dienone is 1. The van der Waals surface area contributed by atoms with E-state index in [1.54, 1.807) is 6.08 Å². The highest BCUT2D eigenvalue weighted by atomic mass is 31.2. The maximum atomic E-state index is 13.0. The number of rotatable bonds is 38. The summed E-state index contributed by atoms with van der Waals surface area (Å²) in [6, 6.07) is 0. The van der Waals surface area contributed by atoms with Crippen molar-refractivity contribution in [2.24, 2.45) is 11.8 Å². The number of methoxy groups -OCH3 is 1. The Hall–Kier alpha value is -2.24. The van der Waals surface area contributed by atoms with Crippen molar-refractivity contribution in [1.29, 1.82) is 0 Å². The first-order valence-electron chi connectivity index (χ1n) is 23.4. The summed E-state index contributed by atoms with van der Waals surface area (Å²) in [5.41, 5.74) is 0.724. The van der Waals surface area contributed by atoms with Crippen LogP contribution in [-0.4, -0.2) is 67.2 Å². The molecule has 0 bridgehead atoms. The SMILES string of the molecule is CCCCCCCCCCCCCCCC(=O)OCC(COP(=O)(O)OCC1=CCC2C(C(=O)OC)=COC(O)C12)OC(=O)CCCCCCCCCCCCCCC. The van der Waals surface area contributed by atoms with Crippen molar-refractivity contribution in [3.63, 3.8) is 0 Å². The first-order valence-corrected chi connectivity index (χ1v) is 24.9. The number of carbonyl (C=O) groups excluding carboxylic acids is 3. The highest BCUT2D eigenvalue weighted by Crippen LogP contribution is 2.47. The summed E-state index contributed by atoms with van der Waals surface area (Å²) in [5, 5.41) is 10.5. The zero-order valence-electron chi connectivity index (χ0n) is 37.0. The number of ether oxygens (including phenoxy) is 4. The van der Waals surface area contributed by atoms with E-state index >= 15 is 0 Å². The molecule has 0 aromatic heterocycles. The second-order valence-electron chi connectivity index (χ2n) is 16.6. The molecule has 12 nitrogen and oxygen atoms in total. The van der Waals surface area contributed by atoms with Crippen molar-refractivity contribution in [3.05, 3.63) is 23.5 Å². The molecule has 2 rings (SSSR count). The van der Waals surface area contributed by atoms with E-state index < -0.39 is 56.6 Å². The number of fused-ring (bicyclic) bond motifs is 1. The largest absolute Gasteiger partial charge is 0.472 e. The van der Waals surface area contributed by atoms with Gasteiger partial charge in [-0.15, -0.1) is 0 Å². The monoisotopic (exact) mass is 857 g/mol. The van der Waals surface area contributed by atoms with Crippen LogP contribution in [0.4, 0.5) is 0 Å². The van der Waals surface area contributed by atoms with Crippen LogP contribution in [0.15, 0.2) is 23.5 Å². The first kappa shape index (κ1) is 52.9. The fourth-order valence-electron chi connectivity index (χ4n) is 7.87. The third-order valence-corrected chi connectivity index (χ3v) is 12.4. The first-order chi connectivity index (χ1) is 28.6. The molecule has 59 heavy (non-hydrogen) atoms. The van der Waals surface area contributed by atoms with Gasteiger partial charge in [0.05, 0.1) is 38.1 Å². The molecule has 0 amide bonds. The molecule has 0 spiro atoms. The lowest BCUT2D eigenvalue weighted by molar-refractivity contribution is -0.161. The number of hydrogen-bond donors (Lipinski definition) is 2. The normalized spacial score (nSPS) is 18.9. The minimum atomic E-state index is -4.69. The number of aliphatic hydroxyl groups is 1. The smallest absolute Gasteiger partial charge is 0.472 e. The van der Waals surface area contributed by atoms with Crippen LogP contribution in [-0.2, 0) is 46.9 Å². The fourth-order valence-corrected chi connectivity index (χ4v) is 8.61. The summed E-state index contributed by atoms with van der Waals surface area (Å²) in [7, 11) is -3.44. The molecular weight excluding hydrogens is 775 g/mol. The molecular formula is C46H81O12P. The standard InChI is InChI=1S/C46H81O12P/c1-4-6-8-10-12-14-16-18-20-22-24-26-28-30-42(47)54-35-39(58-43(48)31-29-27-25-23-21-19-17-15-13-11-9-7-5-2)36-57-59(51,52)56-34-38-32-33-40-41(45(49)53-3)37-55-46(50)44(38)40/h32,37,39-40,44,46,50H,4-31,33-36H2,1-3H3,(H,51,52). The molecule has 0 fully saturated rings. The Morgan fingerprint density at radius 3 is 1.63 bits per heavy atom. The Bertz CT molecular complexity index is 1250. The Labute approximate surface area is 356 Å². The van der Waals surface area contributed by atoms with Gasteiger partial charge in [0.2, 0.25) is 6.29 Å². The maximum absolute atomic E-state index is 13.0. The summed E-state index contributed by atoms with van der Waals surface area (Å²) < 4.78 is 44.6. The molecule has 5 unspecified atom stereocenters. The highest BCUT2D eigenvalue weighted by Gasteiger charge is 2.44. The van der Waals surface area contributed by atoms with Gasteiger partial charge in [-0.2, -0.15) is 0 Å². The molecule has 2 N–H and O–H groups in total. The molecule has 1 aliphatic carbocycles. The maximum Gasteiger partial charge on any atom is 0.472 e. The molecule has 0 aromatic carbocycles. The zero-order chi connectivity index (χ0) is 43.0. The molecule has 1 heterocycles. The molecule has 1 aliphatic heterocycles. The van der Waals surface area contributed by atoms with E-state index in [4.69, 9.17) is 28.0 Å². The average molecular weight is 857 g/mol. The number of hydrogen-bond acceptors (Lipinski definition) is 11. The van der Waals surface area contributed by atoms with E-state index in [0.29, 0.717) is 24.8 Å². The topological polar surface area (TPSA) is 164 Å². The minimum absolute atomic E-state index is 0.178. The lowest BCUT2D eigenvalue weighted by Crippen LogP contribution is -2.35. The molecule has 0 saturated heterocycles. The minimum Gasteiger partial charge on any atom is -0.472 e. The van der Waals surface area contributed by atoms with E-state index in [1.807, 2.05) is 0 Å². The summed E-state index contributed by atoms with van der Waals surface area (Å²) in [6.45, 7) is 3.26. The second kappa shape index (κ2) is 33.4. The third kappa shape index (κ3) is 24.7. The summed E-state index contributed by atoms with van der Waals surface area (Å²) in [4.78, 5) is 48.2. The van der Waals surface area contributed by atoms with Crippen LogP contribution >= 0.6 is 7.82 Å². The molecule has 0 aromatic rings. The van der Waals surface area contributed by atoms with Gasteiger partial charge in [0.1, 0.15) is 6.61 Å². The Morgan fingerprint density at radius 1 is 0.695 bits per heavy atom. The fraction of sp³-hybridized carbons (Fsp3) is 0.848. The molecule has 0 saturated carbocycles. The van der Waals surface area contributed by atoms with Crippen molar-refractivity contribution in [2.75, 3.05) is 26.9 Å². The van der Waals surface area contributed by atoms with Crippen molar-refractivity contribution in [1.82, 2.24) is 0 Å². The molecule has 2 aliphatic rings. The van der Waals surface area contributed by atoms with Crippen molar-refractivity contribution in [3.8, 4) is 0 Å². The number of phosphoric acid groups is 1. The van der Waals surface area contributed by atoms with E-state index in [2.05, 4.69) is 13.8 Å². The predicted octanol–water partition coefficient (Wildman–Crippen LogP) is 11.5. The Morgan fingerprint density at radius 2 is 1.15 bits per heavy atom. The third-order valence-electron chi connectivity index (χ3n) is 11.5. The van der Waals surface area contributed by atoms with Gasteiger partial charge in [-0.05, 0) is 24.8 Å². The Kier molecular flexibility index (Phi) is 29.9. The number of carbonyl (C=O) groups is 3. The number of phosphoric ester groups is 1. The summed E-state index contributed by atoms with van der Waals surface area (Å²) in [5.74, 6) is -2.62. The predicted molar refractivity (Wildman–Crippen MR) is 230 cm³/mol. The van der Waals surface area contributed by atoms with Gasteiger partial charge in [-0.1, -0.05) is 174 Å². The van der Waals surface area contributed by atoms with E-state index in [9.17, 15) is 28.9 Å². The van der Waals surface area contributed by atoms with Crippen molar-refractivity contribution >= 4 is 25.7 Å². The van der Waals surface area contributed by atoms with Gasteiger partial charge in [0.15, 0.2) is 6.10 Å². The van der Waals surface area contributed by atoms with Gasteiger partial charge in [-0.25, -0.2) is 9.36 Å². The van der Waals surface area contributed by atoms with Crippen LogP contribution in [0.25, 0.3) is 0 Å². The van der Waals surface area contributed by atoms with Crippen LogP contribution in [0.2, 0.25) is 0 Å². The Balaban J connectivity index is 1.75. The van der Waals surface area contributed by atoms with Crippen LogP contribution < -0.4 is 0 Å². The lowest BCUT2D eigenvalue weighted by Gasteiger charge is -2.32. The highest BCUT2D eigenvalue weighted by molar-refractivity contribution is 7.47. The van der Waals surface area contributed by atoms with Gasteiger partial charge in [0.25, 0.3) is 0 Å². The number of aliphatic hydroxyl groups excluding tert-OH is 1. The van der Waals surface area contributed by atoms with Crippen LogP contribution in [0.3, 0.4) is 0 Å². The second-order valence-corrected chi connectivity index (χ2v) is 18.0. The van der Waals surface area contributed by atoms with Gasteiger partial charge >= 0.3 is 25.7 Å². The molecule has 0 radical (unpaired) electrons. The van der Waals surface area contributed by atoms with Crippen molar-refractivity contribution < 1.29 is 56.9 Å².